The first-order valence-corrected chi connectivity index (χ1v) is 3.96. The predicted molar refractivity (Wildman–Crippen MR) is 46.3 cm³/mol. The number of hydrogen-bond donors (Lipinski definition) is 0. The topological polar surface area (TPSA) is 17.1 Å². The summed E-state index contributed by atoms with van der Waals surface area (Å²) in [6.45, 7) is 7.74. The molecule has 1 radical (unpaired) electrons. The van der Waals surface area contributed by atoms with E-state index >= 15 is 0 Å². The molecule has 0 aromatic heterocycles. The summed E-state index contributed by atoms with van der Waals surface area (Å²) < 4.78 is 0. The fraction of sp³-hybridized carbons (Fsp3) is 0.500. The molecule has 1 unspecified atom stereocenters. The van der Waals surface area contributed by atoms with Crippen LogP contribution in [0, 0.1) is 5.92 Å². The molecule has 1 aliphatic carbocycles. The maximum Gasteiger partial charge on any atom is 0.158 e. The first-order valence-electron chi connectivity index (χ1n) is 3.96. The van der Waals surface area contributed by atoms with E-state index in [4.69, 9.17) is 0 Å². The number of hydrogen-bond acceptors (Lipinski definition) is 1. The van der Waals surface area contributed by atoms with Gasteiger partial charge < -0.3 is 0 Å². The standard InChI is InChI=1S/C10H14O.Ir/c1-7(2)9-5-4-8(3)10(11)6-9;/h4,9H,1,5-6H2,2-3H3;. The second-order valence-electron chi connectivity index (χ2n) is 3.29. The number of Topliss-reactive ketones (excluding diaryl/α,β-unsaturated/α-hetero) is 1. The summed E-state index contributed by atoms with van der Waals surface area (Å²) in [5.41, 5.74) is 2.05. The average Bonchev–Trinajstić information content (AvgIpc) is 1.94. The van der Waals surface area contributed by atoms with Gasteiger partial charge in [-0.1, -0.05) is 18.2 Å². The van der Waals surface area contributed by atoms with Gasteiger partial charge >= 0.3 is 0 Å². The Morgan fingerprint density at radius 2 is 2.25 bits per heavy atom. The van der Waals surface area contributed by atoms with E-state index in [0.29, 0.717) is 12.3 Å². The van der Waals surface area contributed by atoms with Crippen LogP contribution in [-0.2, 0) is 24.9 Å². The van der Waals surface area contributed by atoms with Crippen LogP contribution in [-0.4, -0.2) is 5.78 Å². The van der Waals surface area contributed by atoms with E-state index in [9.17, 15) is 4.79 Å². The van der Waals surface area contributed by atoms with Crippen molar-refractivity contribution in [2.24, 2.45) is 5.92 Å². The average molecular weight is 342 g/mol. The quantitative estimate of drug-likeness (QED) is 0.669. The Kier molecular flexibility index (Phi) is 4.66. The van der Waals surface area contributed by atoms with Gasteiger partial charge in [-0.25, -0.2) is 0 Å². The van der Waals surface area contributed by atoms with Gasteiger partial charge in [-0.15, -0.1) is 0 Å². The first-order chi connectivity index (χ1) is 5.11. The van der Waals surface area contributed by atoms with Crippen molar-refractivity contribution in [3.05, 3.63) is 23.8 Å². The number of carbonyl (C=O) groups excluding carboxylic acids is 1. The van der Waals surface area contributed by atoms with Gasteiger partial charge in [0.2, 0.25) is 0 Å². The minimum atomic E-state index is 0. The summed E-state index contributed by atoms with van der Waals surface area (Å²) in [6.07, 6.45) is 3.68. The van der Waals surface area contributed by atoms with E-state index < -0.39 is 0 Å². The maximum atomic E-state index is 11.2. The molecular weight excluding hydrogens is 328 g/mol. The molecule has 0 saturated heterocycles. The Morgan fingerprint density at radius 1 is 1.67 bits per heavy atom. The van der Waals surface area contributed by atoms with Crippen molar-refractivity contribution in [3.63, 3.8) is 0 Å². The Labute approximate surface area is 87.3 Å². The minimum absolute atomic E-state index is 0. The Hall–Kier alpha value is -0.201. The minimum Gasteiger partial charge on any atom is -0.295 e. The largest absolute Gasteiger partial charge is 0.295 e. The van der Waals surface area contributed by atoms with Crippen molar-refractivity contribution < 1.29 is 24.9 Å². The second kappa shape index (κ2) is 4.73. The molecule has 0 aliphatic heterocycles. The van der Waals surface area contributed by atoms with Crippen LogP contribution in [0.1, 0.15) is 26.7 Å². The molecule has 0 spiro atoms. The number of allylic oxidation sites excluding steroid dienone is 3. The van der Waals surface area contributed by atoms with Gasteiger partial charge in [0, 0.05) is 26.5 Å². The molecule has 0 aromatic rings. The van der Waals surface area contributed by atoms with Gasteiger partial charge in [0.05, 0.1) is 0 Å². The molecule has 0 aromatic carbocycles. The summed E-state index contributed by atoms with van der Waals surface area (Å²) in [7, 11) is 0. The molecule has 1 atom stereocenters. The number of rotatable bonds is 1. The fourth-order valence-corrected chi connectivity index (χ4v) is 1.28. The molecule has 12 heavy (non-hydrogen) atoms. The molecule has 1 rings (SSSR count). The summed E-state index contributed by atoms with van der Waals surface area (Å²) in [5.74, 6) is 0.676. The molecular formula is C10H14IrO. The van der Waals surface area contributed by atoms with E-state index in [2.05, 4.69) is 6.58 Å². The molecule has 0 bridgehead atoms. The van der Waals surface area contributed by atoms with Gasteiger partial charge in [-0.3, -0.25) is 4.79 Å². The zero-order valence-corrected chi connectivity index (χ0v) is 9.91. The predicted octanol–water partition coefficient (Wildman–Crippen LogP) is 2.49. The molecule has 1 aliphatic rings. The van der Waals surface area contributed by atoms with Gasteiger partial charge in [0.1, 0.15) is 0 Å². The van der Waals surface area contributed by atoms with Crippen LogP contribution in [0.3, 0.4) is 0 Å². The number of ketones is 1. The first kappa shape index (κ1) is 11.8. The third-order valence-electron chi connectivity index (χ3n) is 2.28. The third-order valence-corrected chi connectivity index (χ3v) is 2.28. The molecule has 2 heteroatoms. The van der Waals surface area contributed by atoms with Crippen LogP contribution in [0.15, 0.2) is 23.8 Å². The van der Waals surface area contributed by atoms with Gasteiger partial charge in [-0.2, -0.15) is 0 Å². The van der Waals surface area contributed by atoms with E-state index in [-0.39, 0.29) is 25.9 Å². The second-order valence-corrected chi connectivity index (χ2v) is 3.29. The molecule has 0 amide bonds. The number of carbonyl (C=O) groups is 1. The zero-order valence-electron chi connectivity index (χ0n) is 7.52. The molecule has 0 N–H and O–H groups in total. The Bertz CT molecular complexity index is 228. The Balaban J connectivity index is 0.00000121. The van der Waals surface area contributed by atoms with Crippen molar-refractivity contribution in [2.45, 2.75) is 26.7 Å². The van der Waals surface area contributed by atoms with E-state index in [1.807, 2.05) is 19.9 Å². The smallest absolute Gasteiger partial charge is 0.158 e. The summed E-state index contributed by atoms with van der Waals surface area (Å²) in [5, 5.41) is 0. The van der Waals surface area contributed by atoms with Crippen LogP contribution in [0.2, 0.25) is 0 Å². The van der Waals surface area contributed by atoms with Crippen molar-refractivity contribution in [3.8, 4) is 0 Å². The Morgan fingerprint density at radius 3 is 2.67 bits per heavy atom. The molecule has 0 fully saturated rings. The van der Waals surface area contributed by atoms with E-state index in [1.165, 1.54) is 0 Å². The van der Waals surface area contributed by atoms with E-state index in [1.54, 1.807) is 0 Å². The molecule has 69 valence electrons. The van der Waals surface area contributed by atoms with E-state index in [0.717, 1.165) is 17.6 Å². The van der Waals surface area contributed by atoms with Crippen molar-refractivity contribution in [1.82, 2.24) is 0 Å². The van der Waals surface area contributed by atoms with Crippen molar-refractivity contribution in [2.75, 3.05) is 0 Å². The van der Waals surface area contributed by atoms with Gasteiger partial charge in [-0.05, 0) is 31.8 Å². The van der Waals surface area contributed by atoms with Crippen LogP contribution in [0.5, 0.6) is 0 Å². The van der Waals surface area contributed by atoms with Crippen LogP contribution in [0.25, 0.3) is 0 Å². The van der Waals surface area contributed by atoms with Crippen molar-refractivity contribution >= 4 is 5.78 Å². The summed E-state index contributed by atoms with van der Waals surface area (Å²) in [6, 6.07) is 0. The normalized spacial score (nSPS) is 22.7. The van der Waals surface area contributed by atoms with Gasteiger partial charge in [0.15, 0.2) is 5.78 Å². The van der Waals surface area contributed by atoms with Crippen LogP contribution in [0.4, 0.5) is 0 Å². The fourth-order valence-electron chi connectivity index (χ4n) is 1.28. The maximum absolute atomic E-state index is 11.2. The zero-order chi connectivity index (χ0) is 8.43. The molecule has 1 nitrogen and oxygen atoms in total. The summed E-state index contributed by atoms with van der Waals surface area (Å²) in [4.78, 5) is 11.2. The third kappa shape index (κ3) is 2.69. The van der Waals surface area contributed by atoms with Gasteiger partial charge in [0.25, 0.3) is 0 Å². The van der Waals surface area contributed by atoms with Crippen LogP contribution >= 0.6 is 0 Å². The molecule has 0 heterocycles. The molecule has 0 saturated carbocycles. The SMILES string of the molecule is C=C(C)C1CC=C(C)C(=O)C1.[Ir]. The summed E-state index contributed by atoms with van der Waals surface area (Å²) >= 11 is 0. The van der Waals surface area contributed by atoms with Crippen molar-refractivity contribution in [1.29, 1.82) is 0 Å². The monoisotopic (exact) mass is 343 g/mol. The van der Waals surface area contributed by atoms with Crippen LogP contribution < -0.4 is 0 Å².